The van der Waals surface area contributed by atoms with Crippen molar-refractivity contribution in [3.05, 3.63) is 58.7 Å². The second-order valence-corrected chi connectivity index (χ2v) is 5.23. The third-order valence-electron chi connectivity index (χ3n) is 3.45. The van der Waals surface area contributed by atoms with Crippen molar-refractivity contribution in [2.24, 2.45) is 0 Å². The zero-order valence-electron chi connectivity index (χ0n) is 11.9. The fourth-order valence-electron chi connectivity index (χ4n) is 2.58. The van der Waals surface area contributed by atoms with E-state index in [-0.39, 0.29) is 0 Å². The molecule has 2 aromatic carbocycles. The quantitative estimate of drug-likeness (QED) is 0.686. The molecule has 0 atom stereocenters. The van der Waals surface area contributed by atoms with Crippen molar-refractivity contribution >= 4 is 0 Å². The fraction of sp³-hybridized carbons (Fsp3) is 0.333. The maximum atomic E-state index is 2.33. The molecule has 0 aromatic heterocycles. The summed E-state index contributed by atoms with van der Waals surface area (Å²) in [5.41, 5.74) is 8.32. The third kappa shape index (κ3) is 2.64. The molecule has 18 heavy (non-hydrogen) atoms. The summed E-state index contributed by atoms with van der Waals surface area (Å²) < 4.78 is 0. The molecule has 0 unspecified atom stereocenters. The van der Waals surface area contributed by atoms with Crippen LogP contribution in [0.15, 0.2) is 36.4 Å². The van der Waals surface area contributed by atoms with Gasteiger partial charge in [0.05, 0.1) is 0 Å². The van der Waals surface area contributed by atoms with Crippen LogP contribution in [0.4, 0.5) is 0 Å². The van der Waals surface area contributed by atoms with Crippen LogP contribution in [-0.4, -0.2) is 0 Å². The van der Waals surface area contributed by atoms with E-state index in [0.717, 1.165) is 6.42 Å². The van der Waals surface area contributed by atoms with Crippen LogP contribution in [0, 0.1) is 20.8 Å². The molecule has 2 rings (SSSR count). The van der Waals surface area contributed by atoms with E-state index < -0.39 is 0 Å². The summed E-state index contributed by atoms with van der Waals surface area (Å²) in [7, 11) is 0. The van der Waals surface area contributed by atoms with Gasteiger partial charge in [0.2, 0.25) is 0 Å². The van der Waals surface area contributed by atoms with Gasteiger partial charge in [0, 0.05) is 0 Å². The lowest BCUT2D eigenvalue weighted by atomic mass is 9.92. The third-order valence-corrected chi connectivity index (χ3v) is 3.45. The topological polar surface area (TPSA) is 0 Å². The average molecular weight is 238 g/mol. The van der Waals surface area contributed by atoms with E-state index in [1.807, 2.05) is 0 Å². The zero-order valence-corrected chi connectivity index (χ0v) is 11.9. The molecule has 0 saturated heterocycles. The second-order valence-electron chi connectivity index (χ2n) is 5.23. The van der Waals surface area contributed by atoms with Gasteiger partial charge in [-0.3, -0.25) is 0 Å². The Morgan fingerprint density at radius 1 is 0.778 bits per heavy atom. The Morgan fingerprint density at radius 3 is 2.00 bits per heavy atom. The van der Waals surface area contributed by atoms with Crippen LogP contribution in [0.5, 0.6) is 0 Å². The minimum atomic E-state index is 1.16. The standard InChI is InChI=1S/C18H22/c1-5-6-16-12-14(3)8-10-18(16)17-9-7-13(2)11-15(17)4/h7-12H,5-6H2,1-4H3. The summed E-state index contributed by atoms with van der Waals surface area (Å²) >= 11 is 0. The van der Waals surface area contributed by atoms with Gasteiger partial charge < -0.3 is 0 Å². The Hall–Kier alpha value is -1.56. The molecule has 0 heterocycles. The van der Waals surface area contributed by atoms with E-state index in [1.165, 1.54) is 39.8 Å². The summed E-state index contributed by atoms with van der Waals surface area (Å²) in [6, 6.07) is 13.6. The molecule has 94 valence electrons. The zero-order chi connectivity index (χ0) is 13.1. The smallest absolute Gasteiger partial charge is 0.0149 e. The molecule has 0 fully saturated rings. The lowest BCUT2D eigenvalue weighted by Crippen LogP contribution is -1.93. The monoisotopic (exact) mass is 238 g/mol. The number of hydrogen-bond acceptors (Lipinski definition) is 0. The molecule has 0 bridgehead atoms. The Bertz CT molecular complexity index is 550. The predicted molar refractivity (Wildman–Crippen MR) is 80.1 cm³/mol. The molecule has 0 heteroatoms. The van der Waals surface area contributed by atoms with Gasteiger partial charge in [0.1, 0.15) is 0 Å². The van der Waals surface area contributed by atoms with Gasteiger partial charge in [0.15, 0.2) is 0 Å². The SMILES string of the molecule is CCCc1cc(C)ccc1-c1ccc(C)cc1C. The van der Waals surface area contributed by atoms with Gasteiger partial charge in [-0.15, -0.1) is 0 Å². The maximum Gasteiger partial charge on any atom is -0.0149 e. The van der Waals surface area contributed by atoms with Crippen LogP contribution in [0.3, 0.4) is 0 Å². The first-order chi connectivity index (χ1) is 8.61. The lowest BCUT2D eigenvalue weighted by Gasteiger charge is -2.13. The lowest BCUT2D eigenvalue weighted by molar-refractivity contribution is 0.922. The van der Waals surface area contributed by atoms with E-state index in [4.69, 9.17) is 0 Å². The molecule has 0 saturated carbocycles. The maximum absolute atomic E-state index is 2.33. The van der Waals surface area contributed by atoms with E-state index >= 15 is 0 Å². The van der Waals surface area contributed by atoms with Crippen LogP contribution >= 0.6 is 0 Å². The van der Waals surface area contributed by atoms with Crippen molar-refractivity contribution in [3.63, 3.8) is 0 Å². The van der Waals surface area contributed by atoms with Crippen LogP contribution in [0.2, 0.25) is 0 Å². The number of benzene rings is 2. The van der Waals surface area contributed by atoms with Crippen molar-refractivity contribution in [2.45, 2.75) is 40.5 Å². The number of aryl methyl sites for hydroxylation is 4. The van der Waals surface area contributed by atoms with Crippen molar-refractivity contribution in [1.82, 2.24) is 0 Å². The largest absolute Gasteiger partial charge is 0.0651 e. The first-order valence-corrected chi connectivity index (χ1v) is 6.79. The van der Waals surface area contributed by atoms with E-state index in [2.05, 4.69) is 64.1 Å². The molecule has 0 aliphatic heterocycles. The highest BCUT2D eigenvalue weighted by Crippen LogP contribution is 2.29. The van der Waals surface area contributed by atoms with Gasteiger partial charge in [-0.25, -0.2) is 0 Å². The minimum absolute atomic E-state index is 1.16. The van der Waals surface area contributed by atoms with Crippen LogP contribution in [0.1, 0.15) is 35.6 Å². The van der Waals surface area contributed by atoms with Gasteiger partial charge in [0.25, 0.3) is 0 Å². The molecule has 0 amide bonds. The molecule has 0 nitrogen and oxygen atoms in total. The fourth-order valence-corrected chi connectivity index (χ4v) is 2.58. The van der Waals surface area contributed by atoms with Crippen LogP contribution in [-0.2, 0) is 6.42 Å². The Balaban J connectivity index is 2.55. The molecule has 0 radical (unpaired) electrons. The summed E-state index contributed by atoms with van der Waals surface area (Å²) in [6.07, 6.45) is 2.35. The Kier molecular flexibility index (Phi) is 3.86. The summed E-state index contributed by atoms with van der Waals surface area (Å²) in [4.78, 5) is 0. The molecule has 0 aliphatic rings. The highest BCUT2D eigenvalue weighted by atomic mass is 14.1. The molecule has 0 aliphatic carbocycles. The summed E-state index contributed by atoms with van der Waals surface area (Å²) in [5, 5.41) is 0. The molecule has 0 spiro atoms. The Labute approximate surface area is 111 Å². The normalized spacial score (nSPS) is 10.7. The van der Waals surface area contributed by atoms with Crippen molar-refractivity contribution in [3.8, 4) is 11.1 Å². The van der Waals surface area contributed by atoms with E-state index in [0.29, 0.717) is 0 Å². The highest BCUT2D eigenvalue weighted by Gasteiger charge is 2.07. The molecule has 0 N–H and O–H groups in total. The molecule has 2 aromatic rings. The first-order valence-electron chi connectivity index (χ1n) is 6.79. The van der Waals surface area contributed by atoms with Crippen molar-refractivity contribution in [2.75, 3.05) is 0 Å². The van der Waals surface area contributed by atoms with E-state index in [1.54, 1.807) is 0 Å². The number of hydrogen-bond donors (Lipinski definition) is 0. The average Bonchev–Trinajstić information content (AvgIpc) is 2.31. The predicted octanol–water partition coefficient (Wildman–Crippen LogP) is 5.23. The summed E-state index contributed by atoms with van der Waals surface area (Å²) in [6.45, 7) is 8.77. The van der Waals surface area contributed by atoms with Gasteiger partial charge in [-0.05, 0) is 49.4 Å². The second kappa shape index (κ2) is 5.39. The number of rotatable bonds is 3. The van der Waals surface area contributed by atoms with E-state index in [9.17, 15) is 0 Å². The van der Waals surface area contributed by atoms with Crippen LogP contribution < -0.4 is 0 Å². The summed E-state index contributed by atoms with van der Waals surface area (Å²) in [5.74, 6) is 0. The Morgan fingerprint density at radius 2 is 1.39 bits per heavy atom. The van der Waals surface area contributed by atoms with Gasteiger partial charge in [-0.2, -0.15) is 0 Å². The van der Waals surface area contributed by atoms with Crippen molar-refractivity contribution in [1.29, 1.82) is 0 Å². The van der Waals surface area contributed by atoms with Crippen LogP contribution in [0.25, 0.3) is 11.1 Å². The molecular formula is C18H22. The van der Waals surface area contributed by atoms with Gasteiger partial charge in [-0.1, -0.05) is 60.9 Å². The van der Waals surface area contributed by atoms with Crippen molar-refractivity contribution < 1.29 is 0 Å². The highest BCUT2D eigenvalue weighted by molar-refractivity contribution is 5.71. The molecular weight excluding hydrogens is 216 g/mol. The minimum Gasteiger partial charge on any atom is -0.0651 e. The van der Waals surface area contributed by atoms with Gasteiger partial charge >= 0.3 is 0 Å². The first kappa shape index (κ1) is 12.9.